The van der Waals surface area contributed by atoms with E-state index in [0.717, 1.165) is 27.8 Å². The van der Waals surface area contributed by atoms with Gasteiger partial charge < -0.3 is 14.6 Å². The van der Waals surface area contributed by atoms with Gasteiger partial charge in [0.05, 0.1) is 12.1 Å². The average molecular weight is 375 g/mol. The number of ether oxygens (including phenoxy) is 1. The SMILES string of the molecule is Cc1csc(=O)n1CCC(=O)OCc1csc(Nc2ccccc2)n1. The number of aromatic nitrogens is 2. The molecule has 0 unspecified atom stereocenters. The molecule has 2 aromatic heterocycles. The number of anilines is 2. The van der Waals surface area contributed by atoms with Crippen molar-refractivity contribution in [3.8, 4) is 0 Å². The number of nitrogens with one attached hydrogen (secondary N) is 1. The highest BCUT2D eigenvalue weighted by Crippen LogP contribution is 2.21. The van der Waals surface area contributed by atoms with Crippen molar-refractivity contribution in [3.05, 3.63) is 62.1 Å². The van der Waals surface area contributed by atoms with Crippen LogP contribution in [0.5, 0.6) is 0 Å². The van der Waals surface area contributed by atoms with Crippen molar-refractivity contribution in [1.82, 2.24) is 9.55 Å². The van der Waals surface area contributed by atoms with Crippen LogP contribution in [0.1, 0.15) is 17.8 Å². The lowest BCUT2D eigenvalue weighted by Crippen LogP contribution is -2.17. The van der Waals surface area contributed by atoms with Gasteiger partial charge in [0.25, 0.3) is 0 Å². The van der Waals surface area contributed by atoms with E-state index in [2.05, 4.69) is 10.3 Å². The third-order valence-electron chi connectivity index (χ3n) is 3.47. The monoisotopic (exact) mass is 375 g/mol. The van der Waals surface area contributed by atoms with Crippen LogP contribution in [0.2, 0.25) is 0 Å². The fourth-order valence-electron chi connectivity index (χ4n) is 2.18. The maximum atomic E-state index is 11.9. The van der Waals surface area contributed by atoms with Crippen LogP contribution in [0.15, 0.2) is 45.9 Å². The normalized spacial score (nSPS) is 10.6. The first kappa shape index (κ1) is 17.4. The third-order valence-corrected chi connectivity index (χ3v) is 5.16. The van der Waals surface area contributed by atoms with E-state index in [9.17, 15) is 9.59 Å². The van der Waals surface area contributed by atoms with Gasteiger partial charge in [0.1, 0.15) is 6.61 Å². The Balaban J connectivity index is 1.47. The molecule has 3 rings (SSSR count). The number of thiazole rings is 2. The molecule has 0 atom stereocenters. The molecule has 3 aromatic rings. The predicted octanol–water partition coefficient (Wildman–Crippen LogP) is 3.55. The molecule has 0 bridgehead atoms. The molecule has 8 heteroatoms. The Kier molecular flexibility index (Phi) is 5.62. The van der Waals surface area contributed by atoms with E-state index >= 15 is 0 Å². The number of rotatable bonds is 7. The number of benzene rings is 1. The second-order valence-electron chi connectivity index (χ2n) is 5.34. The van der Waals surface area contributed by atoms with Crippen LogP contribution in [0.25, 0.3) is 0 Å². The van der Waals surface area contributed by atoms with Crippen LogP contribution in [0.3, 0.4) is 0 Å². The second kappa shape index (κ2) is 8.09. The molecular weight excluding hydrogens is 358 g/mol. The Bertz CT molecular complexity index is 899. The summed E-state index contributed by atoms with van der Waals surface area (Å²) in [6.45, 7) is 2.31. The maximum Gasteiger partial charge on any atom is 0.307 e. The van der Waals surface area contributed by atoms with E-state index < -0.39 is 0 Å². The third kappa shape index (κ3) is 4.77. The summed E-state index contributed by atoms with van der Waals surface area (Å²) in [6.07, 6.45) is 0.163. The number of carbonyl (C=O) groups is 1. The molecule has 0 spiro atoms. The molecule has 1 N–H and O–H groups in total. The quantitative estimate of drug-likeness (QED) is 0.639. The van der Waals surface area contributed by atoms with Gasteiger partial charge in [0, 0.05) is 28.7 Å². The molecule has 0 aliphatic carbocycles. The molecular formula is C17H17N3O3S2. The molecule has 0 radical (unpaired) electrons. The van der Waals surface area contributed by atoms with Crippen LogP contribution in [0.4, 0.5) is 10.8 Å². The van der Waals surface area contributed by atoms with Gasteiger partial charge in [-0.2, -0.15) is 0 Å². The fourth-order valence-corrected chi connectivity index (χ4v) is 3.66. The Morgan fingerprint density at radius 3 is 2.76 bits per heavy atom. The van der Waals surface area contributed by atoms with Gasteiger partial charge in [-0.1, -0.05) is 29.5 Å². The molecule has 0 fully saturated rings. The van der Waals surface area contributed by atoms with Crippen molar-refractivity contribution < 1.29 is 9.53 Å². The van der Waals surface area contributed by atoms with Gasteiger partial charge in [0.2, 0.25) is 0 Å². The van der Waals surface area contributed by atoms with Gasteiger partial charge in [-0.3, -0.25) is 9.59 Å². The lowest BCUT2D eigenvalue weighted by molar-refractivity contribution is -0.145. The van der Waals surface area contributed by atoms with Gasteiger partial charge in [-0.15, -0.1) is 11.3 Å². The zero-order chi connectivity index (χ0) is 17.6. The minimum Gasteiger partial charge on any atom is -0.459 e. The molecule has 0 aliphatic heterocycles. The van der Waals surface area contributed by atoms with E-state index in [1.807, 2.05) is 42.6 Å². The molecule has 0 saturated heterocycles. The van der Waals surface area contributed by atoms with Gasteiger partial charge in [0.15, 0.2) is 5.13 Å². The predicted molar refractivity (Wildman–Crippen MR) is 99.6 cm³/mol. The zero-order valence-electron chi connectivity index (χ0n) is 13.6. The largest absolute Gasteiger partial charge is 0.459 e. The molecule has 1 aromatic carbocycles. The van der Waals surface area contributed by atoms with Crippen LogP contribution >= 0.6 is 22.7 Å². The van der Waals surface area contributed by atoms with Crippen molar-refractivity contribution in [2.45, 2.75) is 26.5 Å². The Hall–Kier alpha value is -2.45. The summed E-state index contributed by atoms with van der Waals surface area (Å²) in [5, 5.41) is 7.58. The average Bonchev–Trinajstić information content (AvgIpc) is 3.19. The van der Waals surface area contributed by atoms with E-state index in [1.54, 1.807) is 9.95 Å². The highest BCUT2D eigenvalue weighted by molar-refractivity contribution is 7.13. The molecule has 0 aliphatic rings. The Morgan fingerprint density at radius 1 is 1.24 bits per heavy atom. The summed E-state index contributed by atoms with van der Waals surface area (Å²) < 4.78 is 6.82. The number of esters is 1. The van der Waals surface area contributed by atoms with Crippen molar-refractivity contribution in [2.24, 2.45) is 0 Å². The molecule has 0 saturated carbocycles. The summed E-state index contributed by atoms with van der Waals surface area (Å²) in [4.78, 5) is 27.8. The number of nitrogens with zero attached hydrogens (tertiary/aromatic N) is 2. The highest BCUT2D eigenvalue weighted by atomic mass is 32.1. The lowest BCUT2D eigenvalue weighted by atomic mass is 10.3. The first-order valence-electron chi connectivity index (χ1n) is 7.69. The van der Waals surface area contributed by atoms with Gasteiger partial charge in [-0.25, -0.2) is 4.98 Å². The minimum atomic E-state index is -0.344. The lowest BCUT2D eigenvalue weighted by Gasteiger charge is -2.05. The van der Waals surface area contributed by atoms with E-state index in [0.29, 0.717) is 12.2 Å². The molecule has 2 heterocycles. The van der Waals surface area contributed by atoms with E-state index in [1.165, 1.54) is 11.3 Å². The summed E-state index contributed by atoms with van der Waals surface area (Å²) >= 11 is 2.59. The minimum absolute atomic E-state index is 0.0542. The topological polar surface area (TPSA) is 73.2 Å². The van der Waals surface area contributed by atoms with Crippen molar-refractivity contribution in [1.29, 1.82) is 0 Å². The number of carbonyl (C=O) groups excluding carboxylic acids is 1. The standard InChI is InChI=1S/C17H17N3O3S2/c1-12-10-25-17(22)20(12)8-7-15(21)23-9-14-11-24-16(19-14)18-13-5-3-2-4-6-13/h2-6,10-11H,7-9H2,1H3,(H,18,19). The number of para-hydroxylation sites is 1. The van der Waals surface area contributed by atoms with Gasteiger partial charge in [-0.05, 0) is 19.1 Å². The Morgan fingerprint density at radius 2 is 2.04 bits per heavy atom. The summed E-state index contributed by atoms with van der Waals surface area (Å²) in [5.74, 6) is -0.344. The smallest absolute Gasteiger partial charge is 0.307 e. The van der Waals surface area contributed by atoms with Crippen molar-refractivity contribution in [2.75, 3.05) is 5.32 Å². The number of hydrogen-bond donors (Lipinski definition) is 1. The molecule has 0 amide bonds. The first-order valence-corrected chi connectivity index (χ1v) is 9.45. The summed E-state index contributed by atoms with van der Waals surface area (Å²) in [7, 11) is 0. The van der Waals surface area contributed by atoms with Crippen molar-refractivity contribution >= 4 is 39.5 Å². The fraction of sp³-hybridized carbons (Fsp3) is 0.235. The Labute approximate surface area is 152 Å². The van der Waals surface area contributed by atoms with Crippen LogP contribution in [-0.2, 0) is 22.7 Å². The molecule has 6 nitrogen and oxygen atoms in total. The summed E-state index contributed by atoms with van der Waals surface area (Å²) in [6, 6.07) is 9.74. The van der Waals surface area contributed by atoms with Crippen molar-refractivity contribution in [3.63, 3.8) is 0 Å². The van der Waals surface area contributed by atoms with E-state index in [4.69, 9.17) is 4.74 Å². The van der Waals surface area contributed by atoms with Gasteiger partial charge >= 0.3 is 10.8 Å². The highest BCUT2D eigenvalue weighted by Gasteiger charge is 2.09. The van der Waals surface area contributed by atoms with E-state index in [-0.39, 0.29) is 23.9 Å². The molecule has 130 valence electrons. The number of aryl methyl sites for hydroxylation is 1. The first-order chi connectivity index (χ1) is 12.1. The number of hydrogen-bond acceptors (Lipinski definition) is 7. The van der Waals surface area contributed by atoms with Crippen LogP contribution in [0, 0.1) is 6.92 Å². The second-order valence-corrected chi connectivity index (χ2v) is 7.02. The molecule has 25 heavy (non-hydrogen) atoms. The zero-order valence-corrected chi connectivity index (χ0v) is 15.2. The summed E-state index contributed by atoms with van der Waals surface area (Å²) in [5.41, 5.74) is 2.51. The van der Waals surface area contributed by atoms with Crippen LogP contribution < -0.4 is 10.2 Å². The van der Waals surface area contributed by atoms with Crippen LogP contribution in [-0.4, -0.2) is 15.5 Å². The maximum absolute atomic E-state index is 11.9.